The van der Waals surface area contributed by atoms with Crippen molar-refractivity contribution in [2.24, 2.45) is 0 Å². The minimum atomic E-state index is -1.56. The summed E-state index contributed by atoms with van der Waals surface area (Å²) in [5, 5.41) is 30.0. The van der Waals surface area contributed by atoms with Crippen LogP contribution in [0.5, 0.6) is 0 Å². The van der Waals surface area contributed by atoms with Gasteiger partial charge in [-0.1, -0.05) is 32.6 Å². The van der Waals surface area contributed by atoms with Crippen LogP contribution < -0.4 is 0 Å². The fourth-order valence-electron chi connectivity index (χ4n) is 2.72. The van der Waals surface area contributed by atoms with Crippen LogP contribution in [0.15, 0.2) is 22.8 Å². The third-order valence-corrected chi connectivity index (χ3v) is 4.23. The summed E-state index contributed by atoms with van der Waals surface area (Å²) in [6.45, 7) is 1.78. The van der Waals surface area contributed by atoms with Gasteiger partial charge in [0, 0.05) is 6.42 Å². The first kappa shape index (κ1) is 20.9. The highest BCUT2D eigenvalue weighted by Gasteiger charge is 2.43. The lowest BCUT2D eigenvalue weighted by Gasteiger charge is -2.38. The van der Waals surface area contributed by atoms with Crippen LogP contribution in [-0.2, 0) is 19.0 Å². The Morgan fingerprint density at radius 1 is 1.23 bits per heavy atom. The van der Waals surface area contributed by atoms with Crippen molar-refractivity contribution < 1.29 is 38.7 Å². The van der Waals surface area contributed by atoms with Gasteiger partial charge in [0.1, 0.15) is 24.9 Å². The zero-order chi connectivity index (χ0) is 18.9. The largest absolute Gasteiger partial charge is 0.464 e. The Labute approximate surface area is 152 Å². The highest BCUT2D eigenvalue weighted by molar-refractivity contribution is 5.69. The van der Waals surface area contributed by atoms with Gasteiger partial charge in [0.25, 0.3) is 0 Å². The SMILES string of the molecule is CCCCCCCC(=O)OCC(O)C1OC(c2ccco2)OC(O)C1O. The summed E-state index contributed by atoms with van der Waals surface area (Å²) >= 11 is 0. The van der Waals surface area contributed by atoms with E-state index >= 15 is 0 Å². The van der Waals surface area contributed by atoms with Crippen molar-refractivity contribution in [2.75, 3.05) is 6.61 Å². The number of aliphatic hydroxyl groups excluding tert-OH is 3. The van der Waals surface area contributed by atoms with E-state index < -0.39 is 36.9 Å². The maximum atomic E-state index is 11.7. The second-order valence-corrected chi connectivity index (χ2v) is 6.38. The van der Waals surface area contributed by atoms with Gasteiger partial charge in [-0.05, 0) is 18.6 Å². The van der Waals surface area contributed by atoms with E-state index in [0.717, 1.165) is 32.1 Å². The second kappa shape index (κ2) is 10.6. The van der Waals surface area contributed by atoms with Crippen molar-refractivity contribution in [2.45, 2.75) is 76.3 Å². The lowest BCUT2D eigenvalue weighted by atomic mass is 10.1. The lowest BCUT2D eigenvalue weighted by Crippen LogP contribution is -2.53. The Bertz CT molecular complexity index is 517. The van der Waals surface area contributed by atoms with Gasteiger partial charge in [0.05, 0.1) is 6.26 Å². The number of hydrogen-bond acceptors (Lipinski definition) is 8. The topological polar surface area (TPSA) is 119 Å². The standard InChI is InChI=1S/C18H28O8/c1-2-3-4-5-6-9-14(20)24-11-12(19)16-15(21)17(22)26-18(25-16)13-8-7-10-23-13/h7-8,10,12,15-19,21-22H,2-6,9,11H2,1H3. The molecule has 1 aliphatic heterocycles. The Morgan fingerprint density at radius 3 is 2.69 bits per heavy atom. The molecule has 8 nitrogen and oxygen atoms in total. The molecule has 8 heteroatoms. The molecule has 0 aliphatic carbocycles. The van der Waals surface area contributed by atoms with Crippen molar-refractivity contribution in [1.29, 1.82) is 0 Å². The molecule has 148 valence electrons. The van der Waals surface area contributed by atoms with Crippen LogP contribution in [0.2, 0.25) is 0 Å². The highest BCUT2D eigenvalue weighted by Crippen LogP contribution is 2.31. The van der Waals surface area contributed by atoms with Crippen molar-refractivity contribution >= 4 is 5.97 Å². The molecule has 5 unspecified atom stereocenters. The number of hydrogen-bond donors (Lipinski definition) is 3. The zero-order valence-electron chi connectivity index (χ0n) is 15.0. The summed E-state index contributed by atoms with van der Waals surface area (Å²) in [5.74, 6) is -0.123. The van der Waals surface area contributed by atoms with Gasteiger partial charge in [-0.15, -0.1) is 0 Å². The first-order valence-electron chi connectivity index (χ1n) is 9.07. The van der Waals surface area contributed by atoms with E-state index in [1.165, 1.54) is 6.26 Å². The van der Waals surface area contributed by atoms with Gasteiger partial charge in [-0.2, -0.15) is 0 Å². The van der Waals surface area contributed by atoms with E-state index in [0.29, 0.717) is 0 Å². The van der Waals surface area contributed by atoms with E-state index in [1.54, 1.807) is 12.1 Å². The van der Waals surface area contributed by atoms with Crippen LogP contribution in [0.25, 0.3) is 0 Å². The van der Waals surface area contributed by atoms with E-state index in [4.69, 9.17) is 18.6 Å². The molecule has 1 aromatic heterocycles. The molecule has 0 bridgehead atoms. The number of esters is 1. The van der Waals surface area contributed by atoms with Gasteiger partial charge in [-0.25, -0.2) is 0 Å². The molecule has 2 heterocycles. The first-order valence-corrected chi connectivity index (χ1v) is 9.07. The Kier molecular flexibility index (Phi) is 8.53. The van der Waals surface area contributed by atoms with Crippen molar-refractivity contribution in [3.05, 3.63) is 24.2 Å². The minimum absolute atomic E-state index is 0.283. The molecule has 0 amide bonds. The van der Waals surface area contributed by atoms with Crippen LogP contribution >= 0.6 is 0 Å². The fourth-order valence-corrected chi connectivity index (χ4v) is 2.72. The quantitative estimate of drug-likeness (QED) is 0.419. The number of unbranched alkanes of at least 4 members (excludes halogenated alkanes) is 4. The van der Waals surface area contributed by atoms with E-state index in [-0.39, 0.29) is 18.8 Å². The summed E-state index contributed by atoms with van der Waals surface area (Å²) in [6, 6.07) is 3.20. The molecule has 5 atom stereocenters. The number of ether oxygens (including phenoxy) is 3. The van der Waals surface area contributed by atoms with Gasteiger partial charge in [0.15, 0.2) is 12.1 Å². The molecule has 1 fully saturated rings. The molecule has 26 heavy (non-hydrogen) atoms. The summed E-state index contributed by atoms with van der Waals surface area (Å²) in [7, 11) is 0. The van der Waals surface area contributed by atoms with Crippen molar-refractivity contribution in [1.82, 2.24) is 0 Å². The van der Waals surface area contributed by atoms with E-state index in [1.807, 2.05) is 0 Å². The Morgan fingerprint density at radius 2 is 2.00 bits per heavy atom. The average molecular weight is 372 g/mol. The zero-order valence-corrected chi connectivity index (χ0v) is 15.0. The van der Waals surface area contributed by atoms with E-state index in [2.05, 4.69) is 6.92 Å². The van der Waals surface area contributed by atoms with Crippen molar-refractivity contribution in [3.63, 3.8) is 0 Å². The second-order valence-electron chi connectivity index (χ2n) is 6.38. The smallest absolute Gasteiger partial charge is 0.305 e. The molecule has 3 N–H and O–H groups in total. The van der Waals surface area contributed by atoms with Crippen molar-refractivity contribution in [3.8, 4) is 0 Å². The lowest BCUT2D eigenvalue weighted by molar-refractivity contribution is -0.354. The van der Waals surface area contributed by atoms with Crippen LogP contribution in [0.1, 0.15) is 57.5 Å². The van der Waals surface area contributed by atoms with Gasteiger partial charge in [-0.3, -0.25) is 4.79 Å². The van der Waals surface area contributed by atoms with Gasteiger partial charge < -0.3 is 33.9 Å². The number of carbonyl (C=O) groups excluding carboxylic acids is 1. The molecule has 0 saturated carbocycles. The number of rotatable bonds is 10. The van der Waals surface area contributed by atoms with Gasteiger partial charge >= 0.3 is 5.97 Å². The van der Waals surface area contributed by atoms with Crippen LogP contribution in [-0.4, -0.2) is 52.5 Å². The molecule has 1 saturated heterocycles. The molecule has 0 aromatic carbocycles. The summed E-state index contributed by atoms with van der Waals surface area (Å²) in [4.78, 5) is 11.7. The monoisotopic (exact) mass is 372 g/mol. The molecule has 1 aromatic rings. The third-order valence-electron chi connectivity index (χ3n) is 4.23. The summed E-state index contributed by atoms with van der Waals surface area (Å²) in [6.07, 6.45) is 0.139. The number of furan rings is 1. The number of aliphatic hydroxyl groups is 3. The van der Waals surface area contributed by atoms with Crippen LogP contribution in [0.4, 0.5) is 0 Å². The predicted molar refractivity (Wildman–Crippen MR) is 89.8 cm³/mol. The molecular weight excluding hydrogens is 344 g/mol. The van der Waals surface area contributed by atoms with Crippen LogP contribution in [0, 0.1) is 0 Å². The summed E-state index contributed by atoms with van der Waals surface area (Å²) in [5.41, 5.74) is 0. The average Bonchev–Trinajstić information content (AvgIpc) is 3.16. The Hall–Kier alpha value is -1.45. The normalized spacial score (nSPS) is 27.2. The maximum Gasteiger partial charge on any atom is 0.305 e. The summed E-state index contributed by atoms with van der Waals surface area (Å²) < 4.78 is 20.8. The molecular formula is C18H28O8. The number of carbonyl (C=O) groups is 1. The highest BCUT2D eigenvalue weighted by atomic mass is 16.8. The van der Waals surface area contributed by atoms with E-state index in [9.17, 15) is 20.1 Å². The van der Waals surface area contributed by atoms with Gasteiger partial charge in [0.2, 0.25) is 6.29 Å². The fraction of sp³-hybridized carbons (Fsp3) is 0.722. The third kappa shape index (κ3) is 6.07. The first-order chi connectivity index (χ1) is 12.5. The minimum Gasteiger partial charge on any atom is -0.464 e. The Balaban J connectivity index is 1.77. The molecule has 1 aliphatic rings. The molecule has 0 radical (unpaired) electrons. The maximum absolute atomic E-state index is 11.7. The molecule has 0 spiro atoms. The predicted octanol–water partition coefficient (Wildman–Crippen LogP) is 1.64. The van der Waals surface area contributed by atoms with Crippen LogP contribution in [0.3, 0.4) is 0 Å². The molecule has 2 rings (SSSR count).